The van der Waals surface area contributed by atoms with E-state index >= 15 is 0 Å². The average Bonchev–Trinajstić information content (AvgIpc) is 2.77. The third kappa shape index (κ3) is 2.85. The highest BCUT2D eigenvalue weighted by Gasteiger charge is 2.34. The molecule has 2 rings (SSSR count). The van der Waals surface area contributed by atoms with Gasteiger partial charge in [0.2, 0.25) is 5.09 Å². The minimum absolute atomic E-state index is 0.00783. The molecule has 0 saturated heterocycles. The van der Waals surface area contributed by atoms with Crippen LogP contribution in [0.4, 0.5) is 0 Å². The van der Waals surface area contributed by atoms with E-state index in [0.29, 0.717) is 12.3 Å². The third-order valence-corrected chi connectivity index (χ3v) is 5.69. The van der Waals surface area contributed by atoms with E-state index < -0.39 is 10.0 Å². The topological polar surface area (TPSA) is 62.6 Å². The molecule has 19 heavy (non-hydrogen) atoms. The predicted molar refractivity (Wildman–Crippen MR) is 73.3 cm³/mol. The first-order valence-electron chi connectivity index (χ1n) is 6.66. The van der Waals surface area contributed by atoms with Gasteiger partial charge in [-0.05, 0) is 37.8 Å². The van der Waals surface area contributed by atoms with Gasteiger partial charge in [-0.2, -0.15) is 0 Å². The fraction of sp³-hybridized carbons (Fsp3) is 0.692. The Morgan fingerprint density at radius 2 is 2.05 bits per heavy atom. The number of hydrogen-bond donors (Lipinski definition) is 1. The van der Waals surface area contributed by atoms with Gasteiger partial charge in [0, 0.05) is 19.6 Å². The second-order valence-electron chi connectivity index (χ2n) is 5.35. The average molecular weight is 286 g/mol. The summed E-state index contributed by atoms with van der Waals surface area (Å²) in [5.41, 5.74) is 0.230. The van der Waals surface area contributed by atoms with Crippen molar-refractivity contribution in [3.05, 3.63) is 17.9 Å². The standard InChI is InChI=1S/C13H22N2O3S/c1-4-13(8-5-9-13)14-10-11-6-7-12(18-11)19(16,17)15(2)3/h6-7,14H,4-5,8-10H2,1-3H3. The van der Waals surface area contributed by atoms with Crippen LogP contribution >= 0.6 is 0 Å². The van der Waals surface area contributed by atoms with Crippen molar-refractivity contribution in [2.45, 2.75) is 49.8 Å². The van der Waals surface area contributed by atoms with E-state index in [1.165, 1.54) is 39.4 Å². The number of rotatable bonds is 6. The van der Waals surface area contributed by atoms with Gasteiger partial charge in [0.15, 0.2) is 0 Å². The maximum atomic E-state index is 11.9. The van der Waals surface area contributed by atoms with Crippen molar-refractivity contribution in [3.8, 4) is 0 Å². The highest BCUT2D eigenvalue weighted by molar-refractivity contribution is 7.88. The van der Waals surface area contributed by atoms with Crippen molar-refractivity contribution in [1.29, 1.82) is 0 Å². The van der Waals surface area contributed by atoms with E-state index in [1.807, 2.05) is 0 Å². The van der Waals surface area contributed by atoms with Crippen molar-refractivity contribution in [2.24, 2.45) is 0 Å². The maximum Gasteiger partial charge on any atom is 0.275 e. The van der Waals surface area contributed by atoms with Crippen LogP contribution in [0.3, 0.4) is 0 Å². The lowest BCUT2D eigenvalue weighted by Crippen LogP contribution is -2.49. The lowest BCUT2D eigenvalue weighted by atomic mass is 9.75. The van der Waals surface area contributed by atoms with Gasteiger partial charge < -0.3 is 9.73 Å². The van der Waals surface area contributed by atoms with Crippen LogP contribution in [0.5, 0.6) is 0 Å². The van der Waals surface area contributed by atoms with Crippen LogP contribution in [0.1, 0.15) is 38.4 Å². The summed E-state index contributed by atoms with van der Waals surface area (Å²) in [6.45, 7) is 2.76. The summed E-state index contributed by atoms with van der Waals surface area (Å²) in [7, 11) is -0.476. The molecule has 0 bridgehead atoms. The Bertz CT molecular complexity index is 524. The predicted octanol–water partition coefficient (Wildman–Crippen LogP) is 1.95. The van der Waals surface area contributed by atoms with Crippen LogP contribution in [-0.2, 0) is 16.6 Å². The van der Waals surface area contributed by atoms with Gasteiger partial charge in [-0.25, -0.2) is 12.7 Å². The number of furan rings is 1. The minimum atomic E-state index is -3.47. The molecule has 1 aliphatic carbocycles. The summed E-state index contributed by atoms with van der Waals surface area (Å²) in [6.07, 6.45) is 4.73. The highest BCUT2D eigenvalue weighted by atomic mass is 32.2. The fourth-order valence-electron chi connectivity index (χ4n) is 2.31. The van der Waals surface area contributed by atoms with E-state index in [9.17, 15) is 8.42 Å². The van der Waals surface area contributed by atoms with Gasteiger partial charge in [-0.1, -0.05) is 6.92 Å². The van der Waals surface area contributed by atoms with Crippen molar-refractivity contribution in [1.82, 2.24) is 9.62 Å². The van der Waals surface area contributed by atoms with Crippen LogP contribution < -0.4 is 5.32 Å². The zero-order valence-electron chi connectivity index (χ0n) is 11.8. The number of nitrogens with zero attached hydrogens (tertiary/aromatic N) is 1. The van der Waals surface area contributed by atoms with E-state index in [1.54, 1.807) is 6.07 Å². The van der Waals surface area contributed by atoms with Crippen molar-refractivity contribution >= 4 is 10.0 Å². The molecule has 0 aromatic carbocycles. The fourth-order valence-corrected chi connectivity index (χ4v) is 3.12. The number of hydrogen-bond acceptors (Lipinski definition) is 4. The Kier molecular flexibility index (Phi) is 4.03. The second kappa shape index (κ2) is 5.26. The smallest absolute Gasteiger partial charge is 0.275 e. The van der Waals surface area contributed by atoms with E-state index in [2.05, 4.69) is 12.2 Å². The second-order valence-corrected chi connectivity index (χ2v) is 7.43. The molecule has 1 aromatic heterocycles. The molecule has 1 aromatic rings. The number of nitrogens with one attached hydrogen (secondary N) is 1. The zero-order valence-corrected chi connectivity index (χ0v) is 12.6. The molecule has 0 aliphatic heterocycles. The SMILES string of the molecule is CCC1(NCc2ccc(S(=O)(=O)N(C)C)o2)CCC1. The van der Waals surface area contributed by atoms with E-state index in [0.717, 1.165) is 10.7 Å². The third-order valence-electron chi connectivity index (χ3n) is 4.00. The molecular weight excluding hydrogens is 264 g/mol. The Morgan fingerprint density at radius 3 is 2.53 bits per heavy atom. The molecule has 0 amide bonds. The van der Waals surface area contributed by atoms with E-state index in [-0.39, 0.29) is 10.6 Å². The summed E-state index contributed by atoms with van der Waals surface area (Å²) >= 11 is 0. The van der Waals surface area contributed by atoms with Gasteiger partial charge in [0.25, 0.3) is 10.0 Å². The monoisotopic (exact) mass is 286 g/mol. The number of sulfonamides is 1. The molecule has 6 heteroatoms. The molecule has 1 aliphatic rings. The molecule has 0 spiro atoms. The Hall–Kier alpha value is -0.850. The minimum Gasteiger partial charge on any atom is -0.447 e. The van der Waals surface area contributed by atoms with Gasteiger partial charge in [0.05, 0.1) is 6.54 Å². The molecule has 1 saturated carbocycles. The molecule has 5 nitrogen and oxygen atoms in total. The molecule has 1 heterocycles. The molecule has 0 atom stereocenters. The summed E-state index contributed by atoms with van der Waals surface area (Å²) in [4.78, 5) is 0. The van der Waals surface area contributed by atoms with E-state index in [4.69, 9.17) is 4.42 Å². The van der Waals surface area contributed by atoms with Crippen LogP contribution in [0.15, 0.2) is 21.6 Å². The molecule has 0 radical (unpaired) electrons. The van der Waals surface area contributed by atoms with Crippen molar-refractivity contribution < 1.29 is 12.8 Å². The molecular formula is C13H22N2O3S. The first-order valence-corrected chi connectivity index (χ1v) is 8.10. The van der Waals surface area contributed by atoms with Crippen molar-refractivity contribution in [2.75, 3.05) is 14.1 Å². The van der Waals surface area contributed by atoms with Crippen molar-refractivity contribution in [3.63, 3.8) is 0 Å². The highest BCUT2D eigenvalue weighted by Crippen LogP contribution is 2.34. The summed E-state index contributed by atoms with van der Waals surface area (Å²) in [5, 5.41) is 3.50. The molecule has 0 unspecified atom stereocenters. The largest absolute Gasteiger partial charge is 0.447 e. The molecule has 1 fully saturated rings. The molecule has 1 N–H and O–H groups in total. The van der Waals surface area contributed by atoms with Gasteiger partial charge >= 0.3 is 0 Å². The normalized spacial score (nSPS) is 18.5. The summed E-state index contributed by atoms with van der Waals surface area (Å²) < 4.78 is 30.3. The lowest BCUT2D eigenvalue weighted by molar-refractivity contribution is 0.169. The van der Waals surface area contributed by atoms with Crippen LogP contribution in [0, 0.1) is 0 Å². The quantitative estimate of drug-likeness (QED) is 0.868. The first kappa shape index (κ1) is 14.6. The summed E-state index contributed by atoms with van der Waals surface area (Å²) in [5.74, 6) is 0.667. The maximum absolute atomic E-state index is 11.9. The molecule has 108 valence electrons. The zero-order chi connectivity index (χ0) is 14.1. The van der Waals surface area contributed by atoms with Gasteiger partial charge in [0.1, 0.15) is 5.76 Å². The first-order chi connectivity index (χ1) is 8.89. The Labute approximate surface area is 115 Å². The Morgan fingerprint density at radius 1 is 1.37 bits per heavy atom. The van der Waals surface area contributed by atoms with Crippen LogP contribution in [0.25, 0.3) is 0 Å². The van der Waals surface area contributed by atoms with Crippen LogP contribution in [0.2, 0.25) is 0 Å². The Balaban J connectivity index is 2.02. The lowest BCUT2D eigenvalue weighted by Gasteiger charge is -2.42. The van der Waals surface area contributed by atoms with Gasteiger partial charge in [-0.3, -0.25) is 0 Å². The summed E-state index contributed by atoms with van der Waals surface area (Å²) in [6, 6.07) is 3.25. The van der Waals surface area contributed by atoms with Crippen LogP contribution in [-0.4, -0.2) is 32.4 Å². The van der Waals surface area contributed by atoms with Gasteiger partial charge in [-0.15, -0.1) is 0 Å².